The average Bonchev–Trinajstić information content (AvgIpc) is 3.09. The van der Waals surface area contributed by atoms with E-state index in [0.717, 1.165) is 6.20 Å². The molecule has 1 aliphatic rings. The van der Waals surface area contributed by atoms with Crippen molar-refractivity contribution in [3.63, 3.8) is 0 Å². The number of pyridine rings is 2. The van der Waals surface area contributed by atoms with Crippen LogP contribution in [0.5, 0.6) is 0 Å². The molecule has 0 radical (unpaired) electrons. The zero-order valence-electron chi connectivity index (χ0n) is 16.6. The normalized spacial score (nSPS) is 20.6. The molecule has 160 valence electrons. The molecule has 0 bridgehead atoms. The Morgan fingerprint density at radius 3 is 2.39 bits per heavy atom. The third-order valence-electron chi connectivity index (χ3n) is 5.43. The summed E-state index contributed by atoms with van der Waals surface area (Å²) in [5, 5.41) is 3.17. The van der Waals surface area contributed by atoms with Gasteiger partial charge in [0, 0.05) is 29.1 Å². The Hall–Kier alpha value is -3.49. The number of amidine groups is 1. The molecule has 4 rings (SSSR count). The molecule has 3 heterocycles. The van der Waals surface area contributed by atoms with Crippen molar-refractivity contribution in [2.24, 2.45) is 4.99 Å². The van der Waals surface area contributed by atoms with E-state index < -0.39 is 35.5 Å². The summed E-state index contributed by atoms with van der Waals surface area (Å²) in [7, 11) is 0. The van der Waals surface area contributed by atoms with Gasteiger partial charge in [-0.1, -0.05) is 18.2 Å². The summed E-state index contributed by atoms with van der Waals surface area (Å²) >= 11 is 0. The van der Waals surface area contributed by atoms with Gasteiger partial charge in [0.2, 0.25) is 5.95 Å². The molecule has 9 heteroatoms. The minimum Gasteiger partial charge on any atom is -0.364 e. The van der Waals surface area contributed by atoms with Crippen LogP contribution in [0, 0.1) is 18.7 Å². The van der Waals surface area contributed by atoms with Gasteiger partial charge in [0.05, 0.1) is 6.04 Å². The molecule has 1 aliphatic heterocycles. The topological polar surface area (TPSA) is 59.3 Å². The maximum absolute atomic E-state index is 13.6. The Morgan fingerprint density at radius 2 is 1.77 bits per heavy atom. The zero-order chi connectivity index (χ0) is 22.3. The standard InChI is InChI=1S/C22H18F4N4O/c1-12-9-14(11-30(20(12)31)21(25)26)19-28-13(2)22(29-19,15-3-6-17(23)7-4-15)16-5-8-18(24)27-10-16/h3-11,13,21H,1-2H3,(H,28,29)/t13-,22-/m0/s1. The largest absolute Gasteiger partial charge is 0.364 e. The van der Waals surface area contributed by atoms with Crippen LogP contribution < -0.4 is 10.9 Å². The van der Waals surface area contributed by atoms with Crippen molar-refractivity contribution in [3.8, 4) is 0 Å². The first-order valence-corrected chi connectivity index (χ1v) is 9.48. The predicted octanol–water partition coefficient (Wildman–Crippen LogP) is 3.91. The van der Waals surface area contributed by atoms with E-state index in [4.69, 9.17) is 4.99 Å². The van der Waals surface area contributed by atoms with Crippen molar-refractivity contribution >= 4 is 5.84 Å². The summed E-state index contributed by atoms with van der Waals surface area (Å²) in [5.74, 6) is -0.822. The number of rotatable bonds is 4. The van der Waals surface area contributed by atoms with E-state index in [-0.39, 0.29) is 11.4 Å². The van der Waals surface area contributed by atoms with Gasteiger partial charge in [0.25, 0.3) is 5.56 Å². The number of benzene rings is 1. The molecule has 3 aromatic rings. The number of aromatic nitrogens is 2. The summed E-state index contributed by atoms with van der Waals surface area (Å²) in [5.41, 5.74) is -0.340. The molecule has 31 heavy (non-hydrogen) atoms. The quantitative estimate of drug-likeness (QED) is 0.505. The first-order chi connectivity index (χ1) is 14.7. The second-order valence-corrected chi connectivity index (χ2v) is 7.37. The maximum atomic E-state index is 13.6. The van der Waals surface area contributed by atoms with Crippen LogP contribution in [0.1, 0.15) is 35.7 Å². The lowest BCUT2D eigenvalue weighted by atomic mass is 9.79. The lowest BCUT2D eigenvalue weighted by molar-refractivity contribution is 0.0660. The fourth-order valence-corrected chi connectivity index (χ4v) is 3.88. The molecule has 0 fully saturated rings. The van der Waals surface area contributed by atoms with Crippen LogP contribution in [0.2, 0.25) is 0 Å². The van der Waals surface area contributed by atoms with Gasteiger partial charge in [0.15, 0.2) is 0 Å². The molecular formula is C22H18F4N4O. The minimum atomic E-state index is -3.01. The molecule has 0 amide bonds. The van der Waals surface area contributed by atoms with Crippen molar-refractivity contribution in [3.05, 3.63) is 99.2 Å². The van der Waals surface area contributed by atoms with Crippen LogP contribution in [-0.2, 0) is 5.54 Å². The smallest absolute Gasteiger partial charge is 0.321 e. The van der Waals surface area contributed by atoms with E-state index in [1.807, 2.05) is 6.92 Å². The minimum absolute atomic E-state index is 0.137. The van der Waals surface area contributed by atoms with Crippen molar-refractivity contribution in [1.82, 2.24) is 14.9 Å². The van der Waals surface area contributed by atoms with Gasteiger partial charge in [-0.3, -0.25) is 9.36 Å². The Labute approximate surface area is 175 Å². The zero-order valence-corrected chi connectivity index (χ0v) is 16.6. The Kier molecular flexibility index (Phi) is 5.12. The number of aryl methyl sites for hydroxylation is 1. The summed E-state index contributed by atoms with van der Waals surface area (Å²) < 4.78 is 54.1. The Bertz CT molecular complexity index is 1160. The molecule has 1 N–H and O–H groups in total. The van der Waals surface area contributed by atoms with Crippen LogP contribution in [0.15, 0.2) is 64.6 Å². The van der Waals surface area contributed by atoms with Gasteiger partial charge in [-0.15, -0.1) is 0 Å². The number of nitrogens with one attached hydrogen (secondary N) is 1. The molecule has 0 saturated carbocycles. The molecule has 0 saturated heterocycles. The molecule has 0 spiro atoms. The Balaban J connectivity index is 1.94. The van der Waals surface area contributed by atoms with Gasteiger partial charge >= 0.3 is 6.55 Å². The lowest BCUT2D eigenvalue weighted by Gasteiger charge is -2.31. The highest BCUT2D eigenvalue weighted by Crippen LogP contribution is 2.40. The summed E-state index contributed by atoms with van der Waals surface area (Å²) in [6, 6.07) is 9.48. The number of halogens is 4. The van der Waals surface area contributed by atoms with E-state index in [1.165, 1.54) is 43.5 Å². The van der Waals surface area contributed by atoms with Gasteiger partial charge < -0.3 is 5.32 Å². The van der Waals surface area contributed by atoms with Gasteiger partial charge in [-0.25, -0.2) is 14.4 Å². The molecule has 0 unspecified atom stereocenters. The third-order valence-corrected chi connectivity index (χ3v) is 5.43. The van der Waals surface area contributed by atoms with Crippen molar-refractivity contribution in [2.75, 3.05) is 0 Å². The first kappa shape index (κ1) is 20.8. The number of nitrogens with zero attached hydrogens (tertiary/aromatic N) is 3. The summed E-state index contributed by atoms with van der Waals surface area (Å²) in [6.45, 7) is 0.258. The van der Waals surface area contributed by atoms with Gasteiger partial charge in [0.1, 0.15) is 17.2 Å². The number of alkyl halides is 2. The van der Waals surface area contributed by atoms with E-state index in [0.29, 0.717) is 21.3 Å². The van der Waals surface area contributed by atoms with Crippen LogP contribution >= 0.6 is 0 Å². The highest BCUT2D eigenvalue weighted by Gasteiger charge is 2.45. The second kappa shape index (κ2) is 7.64. The van der Waals surface area contributed by atoms with Crippen LogP contribution in [0.4, 0.5) is 17.6 Å². The molecule has 2 atom stereocenters. The van der Waals surface area contributed by atoms with E-state index >= 15 is 0 Å². The highest BCUT2D eigenvalue weighted by atomic mass is 19.3. The first-order valence-electron chi connectivity index (χ1n) is 9.48. The predicted molar refractivity (Wildman–Crippen MR) is 107 cm³/mol. The van der Waals surface area contributed by atoms with Gasteiger partial charge in [-0.2, -0.15) is 13.2 Å². The van der Waals surface area contributed by atoms with Gasteiger partial charge in [-0.05, 0) is 43.7 Å². The number of aliphatic imine (C=N–C) groups is 1. The highest BCUT2D eigenvalue weighted by molar-refractivity contribution is 6.01. The molecule has 2 aromatic heterocycles. The summed E-state index contributed by atoms with van der Waals surface area (Å²) in [4.78, 5) is 20.5. The monoisotopic (exact) mass is 430 g/mol. The van der Waals surface area contributed by atoms with Crippen LogP contribution in [-0.4, -0.2) is 21.4 Å². The molecule has 1 aromatic carbocycles. The SMILES string of the molecule is Cc1cc(C2=N[C@@](c3ccc(F)cc3)(c3ccc(F)nc3)[C@H](C)N2)cn(C(F)F)c1=O. The molecular weight excluding hydrogens is 412 g/mol. The molecule has 5 nitrogen and oxygen atoms in total. The molecule has 0 aliphatic carbocycles. The van der Waals surface area contributed by atoms with Crippen LogP contribution in [0.25, 0.3) is 0 Å². The van der Waals surface area contributed by atoms with E-state index in [1.54, 1.807) is 12.1 Å². The Morgan fingerprint density at radius 1 is 1.10 bits per heavy atom. The van der Waals surface area contributed by atoms with Crippen molar-refractivity contribution in [1.29, 1.82) is 0 Å². The van der Waals surface area contributed by atoms with E-state index in [9.17, 15) is 22.4 Å². The maximum Gasteiger partial charge on any atom is 0.321 e. The van der Waals surface area contributed by atoms with Crippen LogP contribution in [0.3, 0.4) is 0 Å². The average molecular weight is 430 g/mol. The second-order valence-electron chi connectivity index (χ2n) is 7.37. The van der Waals surface area contributed by atoms with E-state index in [2.05, 4.69) is 10.3 Å². The van der Waals surface area contributed by atoms with Crippen molar-refractivity contribution in [2.45, 2.75) is 32.0 Å². The van der Waals surface area contributed by atoms with Crippen molar-refractivity contribution < 1.29 is 17.6 Å². The fourth-order valence-electron chi connectivity index (χ4n) is 3.88. The number of hydrogen-bond donors (Lipinski definition) is 1. The fraction of sp³-hybridized carbons (Fsp3) is 0.227. The third kappa shape index (κ3) is 3.49. The number of hydrogen-bond acceptors (Lipinski definition) is 4. The lowest BCUT2D eigenvalue weighted by Crippen LogP contribution is -2.41. The summed E-state index contributed by atoms with van der Waals surface area (Å²) in [6.07, 6.45) is 2.39.